The van der Waals surface area contributed by atoms with Crippen LogP contribution in [0.2, 0.25) is 0 Å². The summed E-state index contributed by atoms with van der Waals surface area (Å²) in [4.78, 5) is 2.34. The van der Waals surface area contributed by atoms with Gasteiger partial charge < -0.3 is 9.73 Å². The molecule has 0 radical (unpaired) electrons. The molecule has 0 aliphatic heterocycles. The third-order valence-corrected chi connectivity index (χ3v) is 3.06. The van der Waals surface area contributed by atoms with E-state index in [-0.39, 0.29) is 0 Å². The van der Waals surface area contributed by atoms with Crippen LogP contribution in [-0.2, 0) is 13.1 Å². The van der Waals surface area contributed by atoms with Crippen LogP contribution in [-0.4, -0.2) is 24.0 Å². The Kier molecular flexibility index (Phi) is 6.16. The lowest BCUT2D eigenvalue weighted by Gasteiger charge is -2.23. The SMILES string of the molecule is C=CCN(Cc1cc(C)c(CNCC)o1)C(C)C. The zero-order chi connectivity index (χ0) is 13.5. The molecule has 0 atom stereocenters. The Balaban J connectivity index is 2.68. The highest BCUT2D eigenvalue weighted by molar-refractivity contribution is 5.20. The van der Waals surface area contributed by atoms with E-state index >= 15 is 0 Å². The smallest absolute Gasteiger partial charge is 0.120 e. The highest BCUT2D eigenvalue weighted by atomic mass is 16.3. The fourth-order valence-electron chi connectivity index (χ4n) is 1.91. The summed E-state index contributed by atoms with van der Waals surface area (Å²) in [6.45, 7) is 15.9. The molecule has 0 bridgehead atoms. The first-order chi connectivity index (χ1) is 8.58. The molecule has 0 aliphatic rings. The van der Waals surface area contributed by atoms with Crippen molar-refractivity contribution in [1.82, 2.24) is 10.2 Å². The first-order valence-electron chi connectivity index (χ1n) is 6.72. The summed E-state index contributed by atoms with van der Waals surface area (Å²) in [5.74, 6) is 2.09. The van der Waals surface area contributed by atoms with E-state index in [4.69, 9.17) is 4.42 Å². The number of hydrogen-bond acceptors (Lipinski definition) is 3. The monoisotopic (exact) mass is 250 g/mol. The van der Waals surface area contributed by atoms with Crippen molar-refractivity contribution in [2.24, 2.45) is 0 Å². The molecule has 18 heavy (non-hydrogen) atoms. The molecule has 0 unspecified atom stereocenters. The maximum atomic E-state index is 5.91. The fourth-order valence-corrected chi connectivity index (χ4v) is 1.91. The summed E-state index contributed by atoms with van der Waals surface area (Å²) in [7, 11) is 0. The molecule has 0 aliphatic carbocycles. The van der Waals surface area contributed by atoms with Crippen molar-refractivity contribution in [3.8, 4) is 0 Å². The second-order valence-corrected chi connectivity index (χ2v) is 4.91. The number of aryl methyl sites for hydroxylation is 1. The molecule has 1 aromatic heterocycles. The quantitative estimate of drug-likeness (QED) is 0.719. The lowest BCUT2D eigenvalue weighted by Crippen LogP contribution is -2.30. The highest BCUT2D eigenvalue weighted by Gasteiger charge is 2.13. The van der Waals surface area contributed by atoms with Crippen LogP contribution >= 0.6 is 0 Å². The maximum absolute atomic E-state index is 5.91. The molecule has 0 saturated carbocycles. The van der Waals surface area contributed by atoms with Crippen LogP contribution in [0, 0.1) is 6.92 Å². The van der Waals surface area contributed by atoms with E-state index in [9.17, 15) is 0 Å². The minimum atomic E-state index is 0.491. The number of rotatable bonds is 8. The zero-order valence-electron chi connectivity index (χ0n) is 12.1. The maximum Gasteiger partial charge on any atom is 0.120 e. The Labute approximate surface area is 111 Å². The van der Waals surface area contributed by atoms with Gasteiger partial charge in [-0.05, 0) is 38.9 Å². The van der Waals surface area contributed by atoms with Gasteiger partial charge in [-0.3, -0.25) is 4.90 Å². The van der Waals surface area contributed by atoms with Gasteiger partial charge in [-0.1, -0.05) is 13.0 Å². The molecule has 0 saturated heterocycles. The number of hydrogen-bond donors (Lipinski definition) is 1. The van der Waals surface area contributed by atoms with Gasteiger partial charge in [-0.2, -0.15) is 0 Å². The number of furan rings is 1. The van der Waals surface area contributed by atoms with E-state index in [1.165, 1.54) is 5.56 Å². The van der Waals surface area contributed by atoms with Crippen molar-refractivity contribution in [2.45, 2.75) is 46.8 Å². The summed E-state index contributed by atoms with van der Waals surface area (Å²) in [6, 6.07) is 2.64. The van der Waals surface area contributed by atoms with Gasteiger partial charge >= 0.3 is 0 Å². The van der Waals surface area contributed by atoms with Crippen LogP contribution in [0.15, 0.2) is 23.1 Å². The van der Waals surface area contributed by atoms with Gasteiger partial charge in [0.25, 0.3) is 0 Å². The van der Waals surface area contributed by atoms with Crippen LogP contribution in [0.25, 0.3) is 0 Å². The number of nitrogens with one attached hydrogen (secondary N) is 1. The van der Waals surface area contributed by atoms with Gasteiger partial charge in [0.15, 0.2) is 0 Å². The van der Waals surface area contributed by atoms with E-state index < -0.39 is 0 Å². The van der Waals surface area contributed by atoms with E-state index in [1.807, 2.05) is 6.08 Å². The minimum absolute atomic E-state index is 0.491. The Morgan fingerprint density at radius 1 is 1.50 bits per heavy atom. The van der Waals surface area contributed by atoms with Gasteiger partial charge in [-0.25, -0.2) is 0 Å². The summed E-state index contributed by atoms with van der Waals surface area (Å²) in [6.07, 6.45) is 1.94. The second kappa shape index (κ2) is 7.39. The van der Waals surface area contributed by atoms with Gasteiger partial charge in [0, 0.05) is 12.6 Å². The van der Waals surface area contributed by atoms with Crippen LogP contribution in [0.3, 0.4) is 0 Å². The molecule has 0 spiro atoms. The third-order valence-electron chi connectivity index (χ3n) is 3.06. The van der Waals surface area contributed by atoms with E-state index in [0.717, 1.165) is 37.7 Å². The minimum Gasteiger partial charge on any atom is -0.463 e. The third kappa shape index (κ3) is 4.31. The average Bonchev–Trinajstić information content (AvgIpc) is 2.66. The number of nitrogens with zero attached hydrogens (tertiary/aromatic N) is 1. The van der Waals surface area contributed by atoms with E-state index in [2.05, 4.69) is 50.6 Å². The molecular formula is C15H26N2O. The van der Waals surface area contributed by atoms with Gasteiger partial charge in [0.2, 0.25) is 0 Å². The molecule has 102 valence electrons. The standard InChI is InChI=1S/C15H26N2O/c1-6-8-17(12(3)4)11-14-9-13(5)15(18-14)10-16-7-2/h6,9,12,16H,1,7-8,10-11H2,2-5H3. The second-order valence-electron chi connectivity index (χ2n) is 4.91. The van der Waals surface area contributed by atoms with Crippen molar-refractivity contribution < 1.29 is 4.42 Å². The largest absolute Gasteiger partial charge is 0.463 e. The molecule has 0 amide bonds. The van der Waals surface area contributed by atoms with Crippen molar-refractivity contribution in [3.05, 3.63) is 35.8 Å². The van der Waals surface area contributed by atoms with Gasteiger partial charge in [-0.15, -0.1) is 6.58 Å². The van der Waals surface area contributed by atoms with E-state index in [0.29, 0.717) is 6.04 Å². The molecule has 1 rings (SSSR count). The lowest BCUT2D eigenvalue weighted by molar-refractivity contribution is 0.216. The first kappa shape index (κ1) is 15.0. The molecule has 3 heteroatoms. The van der Waals surface area contributed by atoms with Crippen LogP contribution < -0.4 is 5.32 Å². The average molecular weight is 250 g/mol. The Morgan fingerprint density at radius 3 is 2.78 bits per heavy atom. The molecule has 3 nitrogen and oxygen atoms in total. The van der Waals surface area contributed by atoms with Gasteiger partial charge in [0.1, 0.15) is 11.5 Å². The van der Waals surface area contributed by atoms with Crippen molar-refractivity contribution in [3.63, 3.8) is 0 Å². The molecule has 0 fully saturated rings. The zero-order valence-corrected chi connectivity index (χ0v) is 12.1. The van der Waals surface area contributed by atoms with Crippen molar-refractivity contribution in [1.29, 1.82) is 0 Å². The molecule has 1 heterocycles. The summed E-state index contributed by atoms with van der Waals surface area (Å²) in [5.41, 5.74) is 1.23. The Morgan fingerprint density at radius 2 is 2.22 bits per heavy atom. The topological polar surface area (TPSA) is 28.4 Å². The molecular weight excluding hydrogens is 224 g/mol. The van der Waals surface area contributed by atoms with E-state index in [1.54, 1.807) is 0 Å². The van der Waals surface area contributed by atoms with Gasteiger partial charge in [0.05, 0.1) is 13.1 Å². The lowest BCUT2D eigenvalue weighted by atomic mass is 10.2. The van der Waals surface area contributed by atoms with Crippen LogP contribution in [0.1, 0.15) is 37.9 Å². The predicted molar refractivity (Wildman–Crippen MR) is 76.6 cm³/mol. The van der Waals surface area contributed by atoms with Crippen LogP contribution in [0.4, 0.5) is 0 Å². The van der Waals surface area contributed by atoms with Crippen molar-refractivity contribution >= 4 is 0 Å². The Hall–Kier alpha value is -1.06. The summed E-state index contributed by atoms with van der Waals surface area (Å²) in [5, 5.41) is 3.30. The molecule has 0 aromatic carbocycles. The Bertz CT molecular complexity index is 369. The first-order valence-corrected chi connectivity index (χ1v) is 6.72. The highest BCUT2D eigenvalue weighted by Crippen LogP contribution is 2.17. The summed E-state index contributed by atoms with van der Waals surface area (Å²) < 4.78 is 5.91. The molecule has 1 aromatic rings. The normalized spacial score (nSPS) is 11.4. The van der Waals surface area contributed by atoms with Crippen molar-refractivity contribution in [2.75, 3.05) is 13.1 Å². The molecule has 1 N–H and O–H groups in total. The summed E-state index contributed by atoms with van der Waals surface area (Å²) >= 11 is 0. The van der Waals surface area contributed by atoms with Crippen LogP contribution in [0.5, 0.6) is 0 Å². The fraction of sp³-hybridized carbons (Fsp3) is 0.600. The predicted octanol–water partition coefficient (Wildman–Crippen LogP) is 3.09.